The van der Waals surface area contributed by atoms with Crippen LogP contribution < -0.4 is 4.74 Å². The number of para-hydroxylation sites is 1. The third kappa shape index (κ3) is 5.19. The number of azo groups is 1. The summed E-state index contributed by atoms with van der Waals surface area (Å²) in [6.45, 7) is 12.3. The van der Waals surface area contributed by atoms with Crippen molar-refractivity contribution in [2.75, 3.05) is 7.11 Å². The third-order valence-corrected chi connectivity index (χ3v) is 5.98. The molecule has 35 heavy (non-hydrogen) atoms. The molecule has 5 heteroatoms. The summed E-state index contributed by atoms with van der Waals surface area (Å²) in [7, 11) is 1.63. The van der Waals surface area contributed by atoms with Gasteiger partial charge in [-0.2, -0.15) is 5.11 Å². The van der Waals surface area contributed by atoms with Crippen LogP contribution in [0.2, 0.25) is 0 Å². The van der Waals surface area contributed by atoms with E-state index in [9.17, 15) is 4.79 Å². The van der Waals surface area contributed by atoms with Crippen molar-refractivity contribution in [3.05, 3.63) is 89.2 Å². The lowest BCUT2D eigenvalue weighted by Gasteiger charge is -2.31. The summed E-state index contributed by atoms with van der Waals surface area (Å²) in [6.07, 6.45) is 3.88. The Labute approximate surface area is 206 Å². The molecule has 0 amide bonds. The summed E-state index contributed by atoms with van der Waals surface area (Å²) in [4.78, 5) is 13.5. The average Bonchev–Trinajstić information content (AvgIpc) is 3.22. The van der Waals surface area contributed by atoms with Gasteiger partial charge in [0, 0.05) is 22.1 Å². The van der Waals surface area contributed by atoms with Gasteiger partial charge in [-0.25, -0.2) is 0 Å². The molecule has 0 saturated carbocycles. The first-order valence-electron chi connectivity index (χ1n) is 11.8. The first-order valence-corrected chi connectivity index (χ1v) is 11.8. The minimum absolute atomic E-state index is 0.0739. The van der Waals surface area contributed by atoms with Gasteiger partial charge >= 0.3 is 0 Å². The van der Waals surface area contributed by atoms with Gasteiger partial charge in [-0.1, -0.05) is 59.7 Å². The van der Waals surface area contributed by atoms with Crippen LogP contribution in [0, 0.1) is 10.8 Å². The molecular formula is C30H32N2O3. The van der Waals surface area contributed by atoms with Crippen LogP contribution in [0.25, 0.3) is 16.7 Å². The van der Waals surface area contributed by atoms with Gasteiger partial charge in [-0.15, -0.1) is 5.11 Å². The number of allylic oxidation sites excluding steroid dienone is 5. The lowest BCUT2D eigenvalue weighted by Crippen LogP contribution is -2.28. The van der Waals surface area contributed by atoms with Gasteiger partial charge in [-0.3, -0.25) is 4.79 Å². The van der Waals surface area contributed by atoms with E-state index in [0.29, 0.717) is 17.1 Å². The van der Waals surface area contributed by atoms with Crippen LogP contribution >= 0.6 is 0 Å². The number of carbonyl (C=O) groups excluding carboxylic acids is 1. The minimum Gasteiger partial charge on any atom is -0.497 e. The van der Waals surface area contributed by atoms with Crippen molar-refractivity contribution in [1.82, 2.24) is 0 Å². The van der Waals surface area contributed by atoms with Crippen molar-refractivity contribution in [2.24, 2.45) is 21.1 Å². The highest BCUT2D eigenvalue weighted by Crippen LogP contribution is 2.41. The van der Waals surface area contributed by atoms with E-state index in [2.05, 4.69) is 51.8 Å². The van der Waals surface area contributed by atoms with E-state index in [-0.39, 0.29) is 16.6 Å². The lowest BCUT2D eigenvalue weighted by molar-refractivity contribution is -0.114. The molecule has 1 aliphatic carbocycles. The summed E-state index contributed by atoms with van der Waals surface area (Å²) in [6, 6.07) is 17.2. The molecule has 0 aliphatic heterocycles. The van der Waals surface area contributed by atoms with E-state index in [1.165, 1.54) is 0 Å². The van der Waals surface area contributed by atoms with Crippen LogP contribution in [0.1, 0.15) is 47.3 Å². The summed E-state index contributed by atoms with van der Waals surface area (Å²) in [5.41, 5.74) is 3.66. The Kier molecular flexibility index (Phi) is 6.37. The number of fused-ring (bicyclic) bond motifs is 1. The number of furan rings is 1. The first kappa shape index (κ1) is 24.4. The van der Waals surface area contributed by atoms with Crippen LogP contribution in [0.15, 0.2) is 98.1 Å². The van der Waals surface area contributed by atoms with E-state index in [4.69, 9.17) is 9.15 Å². The highest BCUT2D eigenvalue weighted by Gasteiger charge is 2.35. The van der Waals surface area contributed by atoms with Crippen molar-refractivity contribution >= 4 is 28.1 Å². The second-order valence-electron chi connectivity index (χ2n) is 10.8. The molecule has 0 bridgehead atoms. The molecule has 1 aromatic heterocycles. The number of nitrogens with zero attached hydrogens (tertiary/aromatic N) is 2. The zero-order valence-corrected chi connectivity index (χ0v) is 21.5. The maximum Gasteiger partial charge on any atom is 0.186 e. The van der Waals surface area contributed by atoms with Crippen molar-refractivity contribution in [1.29, 1.82) is 0 Å². The number of methoxy groups -OCH3 is 1. The fourth-order valence-electron chi connectivity index (χ4n) is 3.98. The molecule has 0 unspecified atom stereocenters. The molecule has 0 saturated heterocycles. The summed E-state index contributed by atoms with van der Waals surface area (Å²) < 4.78 is 11.4. The fourth-order valence-corrected chi connectivity index (χ4v) is 3.98. The van der Waals surface area contributed by atoms with Crippen LogP contribution in [0.5, 0.6) is 5.75 Å². The molecule has 0 N–H and O–H groups in total. The van der Waals surface area contributed by atoms with Crippen LogP contribution in [-0.2, 0) is 4.79 Å². The molecule has 2 aromatic carbocycles. The Morgan fingerprint density at radius 1 is 0.857 bits per heavy atom. The standard InChI is InChI=1S/C30H32N2O3/c1-29(2,3)23-16-20(17-24(28(23)33)30(4,5)6)27(26-18-19-10-8-9-11-25(19)35-26)32-31-21-12-14-22(34-7)15-13-21/h8-18H,1-7H3. The van der Waals surface area contributed by atoms with Crippen molar-refractivity contribution in [3.63, 3.8) is 0 Å². The number of hydrogen-bond acceptors (Lipinski definition) is 5. The molecule has 0 spiro atoms. The van der Waals surface area contributed by atoms with Crippen molar-refractivity contribution < 1.29 is 13.9 Å². The number of ether oxygens (including phenoxy) is 1. The fraction of sp³-hybridized carbons (Fsp3) is 0.300. The molecule has 0 fully saturated rings. The lowest BCUT2D eigenvalue weighted by atomic mass is 9.71. The van der Waals surface area contributed by atoms with Gasteiger partial charge in [0.1, 0.15) is 17.0 Å². The van der Waals surface area contributed by atoms with Gasteiger partial charge in [0.15, 0.2) is 11.5 Å². The van der Waals surface area contributed by atoms with Gasteiger partial charge in [0.2, 0.25) is 0 Å². The number of ketones is 1. The smallest absolute Gasteiger partial charge is 0.186 e. The summed E-state index contributed by atoms with van der Waals surface area (Å²) in [5.74, 6) is 1.42. The molecule has 4 rings (SSSR count). The molecule has 5 nitrogen and oxygen atoms in total. The van der Waals surface area contributed by atoms with E-state index in [0.717, 1.165) is 33.4 Å². The SMILES string of the molecule is COc1ccc(N=NC(=C2C=C(C(C)(C)C)C(=O)C(C(C)(C)C)=C2)c2cc3ccccc3o2)cc1. The van der Waals surface area contributed by atoms with Crippen LogP contribution in [0.3, 0.4) is 0 Å². The molecule has 1 heterocycles. The van der Waals surface area contributed by atoms with Crippen molar-refractivity contribution in [3.8, 4) is 5.75 Å². The topological polar surface area (TPSA) is 64.2 Å². The Morgan fingerprint density at radius 3 is 2.00 bits per heavy atom. The zero-order valence-electron chi connectivity index (χ0n) is 21.5. The summed E-state index contributed by atoms with van der Waals surface area (Å²) in [5, 5.41) is 10.2. The summed E-state index contributed by atoms with van der Waals surface area (Å²) >= 11 is 0. The van der Waals surface area contributed by atoms with Gasteiger partial charge in [0.05, 0.1) is 12.8 Å². The van der Waals surface area contributed by atoms with Crippen molar-refractivity contribution in [2.45, 2.75) is 41.5 Å². The van der Waals surface area contributed by atoms with E-state index in [1.54, 1.807) is 7.11 Å². The monoisotopic (exact) mass is 468 g/mol. The molecular weight excluding hydrogens is 436 g/mol. The van der Waals surface area contributed by atoms with Gasteiger partial charge < -0.3 is 9.15 Å². The third-order valence-electron chi connectivity index (χ3n) is 5.98. The number of rotatable bonds is 4. The van der Waals surface area contributed by atoms with Crippen LogP contribution in [-0.4, -0.2) is 12.9 Å². The first-order chi connectivity index (χ1) is 16.5. The Bertz CT molecular complexity index is 1320. The molecule has 3 aromatic rings. The number of Topliss-reactive ketones (excluding diaryl/α,β-unsaturated/α-hetero) is 1. The molecule has 0 radical (unpaired) electrons. The molecule has 180 valence electrons. The average molecular weight is 469 g/mol. The Balaban J connectivity index is 1.96. The van der Waals surface area contributed by atoms with Gasteiger partial charge in [-0.05, 0) is 59.4 Å². The highest BCUT2D eigenvalue weighted by atomic mass is 16.5. The second-order valence-corrected chi connectivity index (χ2v) is 10.8. The van der Waals surface area contributed by atoms with E-state index < -0.39 is 0 Å². The molecule has 1 aliphatic rings. The number of benzene rings is 2. The zero-order chi connectivity index (χ0) is 25.4. The minimum atomic E-state index is -0.334. The maximum atomic E-state index is 13.5. The predicted molar refractivity (Wildman–Crippen MR) is 141 cm³/mol. The van der Waals surface area contributed by atoms with E-state index >= 15 is 0 Å². The van der Waals surface area contributed by atoms with E-state index in [1.807, 2.05) is 66.7 Å². The Hall–Kier alpha value is -3.73. The largest absolute Gasteiger partial charge is 0.497 e. The van der Waals surface area contributed by atoms with Crippen LogP contribution in [0.4, 0.5) is 5.69 Å². The predicted octanol–water partition coefficient (Wildman–Crippen LogP) is 8.46. The highest BCUT2D eigenvalue weighted by molar-refractivity contribution is 6.12. The normalized spacial score (nSPS) is 14.9. The number of carbonyl (C=O) groups is 1. The quantitative estimate of drug-likeness (QED) is 0.361. The number of hydrogen-bond donors (Lipinski definition) is 0. The second kappa shape index (κ2) is 9.14. The van der Waals surface area contributed by atoms with Gasteiger partial charge in [0.25, 0.3) is 0 Å². The molecule has 0 atom stereocenters. The maximum absolute atomic E-state index is 13.5. The Morgan fingerprint density at radius 2 is 1.46 bits per heavy atom.